The topological polar surface area (TPSA) is 58.4 Å². The summed E-state index contributed by atoms with van der Waals surface area (Å²) in [5, 5.41) is 2.89. The number of hydrogen-bond acceptors (Lipinski definition) is 3. The van der Waals surface area contributed by atoms with Gasteiger partial charge in [0.05, 0.1) is 5.54 Å². The van der Waals surface area contributed by atoms with Gasteiger partial charge in [-0.1, -0.05) is 0 Å². The fourth-order valence-corrected chi connectivity index (χ4v) is 1.33. The Balaban J connectivity index is 2.04. The molecule has 0 heterocycles. The zero-order chi connectivity index (χ0) is 11.5. The van der Waals surface area contributed by atoms with Gasteiger partial charge in [0.1, 0.15) is 0 Å². The van der Waals surface area contributed by atoms with Gasteiger partial charge in [0, 0.05) is 12.6 Å². The third-order valence-corrected chi connectivity index (χ3v) is 3.10. The average Bonchev–Trinajstić information content (AvgIpc) is 2.91. The minimum Gasteiger partial charge on any atom is -0.354 e. The molecule has 1 amide bonds. The van der Waals surface area contributed by atoms with Crippen molar-refractivity contribution in [3.05, 3.63) is 0 Å². The number of nitrogens with zero attached hydrogens (tertiary/aromatic N) is 1. The third-order valence-electron chi connectivity index (χ3n) is 3.10. The third kappa shape index (κ3) is 3.80. The average molecular weight is 213 g/mol. The highest BCUT2D eigenvalue weighted by molar-refractivity contribution is 5.88. The number of nitrogens with two attached hydrogens (primary N) is 1. The molecule has 3 N–H and O–H groups in total. The number of carbonyl (C=O) groups excluding carboxylic acids is 1. The SMILES string of the molecule is CC(C)N(C)CCCNC(=O)C1(N)CC1. The minimum absolute atomic E-state index is 0.0229. The Morgan fingerprint density at radius 2 is 2.13 bits per heavy atom. The molecule has 0 unspecified atom stereocenters. The predicted octanol–water partition coefficient (Wildman–Crippen LogP) is 0.324. The van der Waals surface area contributed by atoms with E-state index in [2.05, 4.69) is 31.1 Å². The van der Waals surface area contributed by atoms with Gasteiger partial charge in [0.2, 0.25) is 5.91 Å². The standard InChI is InChI=1S/C11H23N3O/c1-9(2)14(3)8-4-7-13-10(15)11(12)5-6-11/h9H,4-8,12H2,1-3H3,(H,13,15). The first-order chi connectivity index (χ1) is 6.96. The fourth-order valence-electron chi connectivity index (χ4n) is 1.33. The molecule has 15 heavy (non-hydrogen) atoms. The summed E-state index contributed by atoms with van der Waals surface area (Å²) >= 11 is 0. The highest BCUT2D eigenvalue weighted by Gasteiger charge is 2.45. The van der Waals surface area contributed by atoms with Crippen molar-refractivity contribution in [2.24, 2.45) is 5.73 Å². The molecular weight excluding hydrogens is 190 g/mol. The van der Waals surface area contributed by atoms with E-state index in [4.69, 9.17) is 5.73 Å². The highest BCUT2D eigenvalue weighted by atomic mass is 16.2. The quantitative estimate of drug-likeness (QED) is 0.625. The van der Waals surface area contributed by atoms with Crippen LogP contribution in [0.25, 0.3) is 0 Å². The molecule has 0 spiro atoms. The Morgan fingerprint density at radius 1 is 1.53 bits per heavy atom. The van der Waals surface area contributed by atoms with Gasteiger partial charge in [0.25, 0.3) is 0 Å². The van der Waals surface area contributed by atoms with Crippen LogP contribution in [0.5, 0.6) is 0 Å². The summed E-state index contributed by atoms with van der Waals surface area (Å²) < 4.78 is 0. The molecule has 1 fully saturated rings. The maximum absolute atomic E-state index is 11.5. The van der Waals surface area contributed by atoms with Gasteiger partial charge >= 0.3 is 0 Å². The Hall–Kier alpha value is -0.610. The van der Waals surface area contributed by atoms with Gasteiger partial charge in [-0.25, -0.2) is 0 Å². The summed E-state index contributed by atoms with van der Waals surface area (Å²) in [6, 6.07) is 0.560. The van der Waals surface area contributed by atoms with Crippen LogP contribution in [0.1, 0.15) is 33.1 Å². The molecule has 0 aliphatic heterocycles. The van der Waals surface area contributed by atoms with Crippen molar-refractivity contribution >= 4 is 5.91 Å². The number of carbonyl (C=O) groups is 1. The molecule has 0 aromatic carbocycles. The van der Waals surface area contributed by atoms with Crippen molar-refractivity contribution in [3.63, 3.8) is 0 Å². The lowest BCUT2D eigenvalue weighted by Crippen LogP contribution is -2.43. The lowest BCUT2D eigenvalue weighted by Gasteiger charge is -2.21. The minimum atomic E-state index is -0.524. The molecule has 4 heteroatoms. The number of rotatable bonds is 6. The molecule has 1 aliphatic carbocycles. The molecule has 1 rings (SSSR count). The van der Waals surface area contributed by atoms with Crippen LogP contribution in [-0.4, -0.2) is 42.5 Å². The first-order valence-corrected chi connectivity index (χ1v) is 5.73. The molecule has 0 aromatic rings. The van der Waals surface area contributed by atoms with E-state index < -0.39 is 5.54 Å². The summed E-state index contributed by atoms with van der Waals surface area (Å²) in [7, 11) is 2.10. The Morgan fingerprint density at radius 3 is 2.60 bits per heavy atom. The van der Waals surface area contributed by atoms with Crippen LogP contribution in [0.4, 0.5) is 0 Å². The molecule has 0 aromatic heterocycles. The Bertz CT molecular complexity index is 224. The lowest BCUT2D eigenvalue weighted by atomic mass is 10.2. The molecular formula is C11H23N3O. The van der Waals surface area contributed by atoms with Gasteiger partial charge in [-0.15, -0.1) is 0 Å². The summed E-state index contributed by atoms with van der Waals surface area (Å²) in [5.74, 6) is 0.0229. The molecule has 4 nitrogen and oxygen atoms in total. The van der Waals surface area contributed by atoms with E-state index in [9.17, 15) is 4.79 Å². The monoisotopic (exact) mass is 213 g/mol. The summed E-state index contributed by atoms with van der Waals surface area (Å²) in [5.41, 5.74) is 5.23. The van der Waals surface area contributed by atoms with Crippen molar-refractivity contribution < 1.29 is 4.79 Å². The Labute approximate surface area is 92.2 Å². The van der Waals surface area contributed by atoms with Gasteiger partial charge in [0.15, 0.2) is 0 Å². The van der Waals surface area contributed by atoms with Crippen LogP contribution in [0.15, 0.2) is 0 Å². The number of hydrogen-bond donors (Lipinski definition) is 2. The van der Waals surface area contributed by atoms with Crippen LogP contribution in [0.2, 0.25) is 0 Å². The summed E-state index contributed by atoms with van der Waals surface area (Å²) in [6.07, 6.45) is 2.66. The lowest BCUT2D eigenvalue weighted by molar-refractivity contribution is -0.123. The van der Waals surface area contributed by atoms with E-state index in [1.165, 1.54) is 0 Å². The van der Waals surface area contributed by atoms with Crippen LogP contribution in [-0.2, 0) is 4.79 Å². The zero-order valence-electron chi connectivity index (χ0n) is 10.0. The molecule has 88 valence electrons. The van der Waals surface area contributed by atoms with Crippen LogP contribution in [0.3, 0.4) is 0 Å². The second-order valence-corrected chi connectivity index (χ2v) is 4.84. The van der Waals surface area contributed by atoms with E-state index in [1.807, 2.05) is 0 Å². The highest BCUT2D eigenvalue weighted by Crippen LogP contribution is 2.31. The molecule has 1 aliphatic rings. The molecule has 0 bridgehead atoms. The van der Waals surface area contributed by atoms with E-state index >= 15 is 0 Å². The van der Waals surface area contributed by atoms with Gasteiger partial charge in [-0.05, 0) is 46.7 Å². The smallest absolute Gasteiger partial charge is 0.240 e. The van der Waals surface area contributed by atoms with Crippen LogP contribution < -0.4 is 11.1 Å². The number of amides is 1. The van der Waals surface area contributed by atoms with Crippen molar-refractivity contribution in [3.8, 4) is 0 Å². The van der Waals surface area contributed by atoms with Crippen molar-refractivity contribution in [2.75, 3.05) is 20.1 Å². The molecule has 0 radical (unpaired) electrons. The first-order valence-electron chi connectivity index (χ1n) is 5.73. The zero-order valence-corrected chi connectivity index (χ0v) is 10.0. The van der Waals surface area contributed by atoms with Gasteiger partial charge in [-0.2, -0.15) is 0 Å². The maximum atomic E-state index is 11.5. The summed E-state index contributed by atoms with van der Waals surface area (Å²) in [4.78, 5) is 13.7. The van der Waals surface area contributed by atoms with E-state index in [-0.39, 0.29) is 5.91 Å². The number of nitrogens with one attached hydrogen (secondary N) is 1. The van der Waals surface area contributed by atoms with E-state index in [0.717, 1.165) is 32.4 Å². The predicted molar refractivity (Wildman–Crippen MR) is 61.5 cm³/mol. The normalized spacial score (nSPS) is 18.3. The molecule has 0 saturated heterocycles. The van der Waals surface area contributed by atoms with Crippen molar-refractivity contribution in [1.29, 1.82) is 0 Å². The summed E-state index contributed by atoms with van der Waals surface area (Å²) in [6.45, 7) is 6.07. The second kappa shape index (κ2) is 4.94. The maximum Gasteiger partial charge on any atom is 0.240 e. The molecule has 0 atom stereocenters. The van der Waals surface area contributed by atoms with Crippen LogP contribution in [0, 0.1) is 0 Å². The molecule has 1 saturated carbocycles. The second-order valence-electron chi connectivity index (χ2n) is 4.84. The van der Waals surface area contributed by atoms with E-state index in [0.29, 0.717) is 6.04 Å². The van der Waals surface area contributed by atoms with Gasteiger partial charge < -0.3 is 16.0 Å². The van der Waals surface area contributed by atoms with Crippen molar-refractivity contribution in [1.82, 2.24) is 10.2 Å². The van der Waals surface area contributed by atoms with E-state index in [1.54, 1.807) is 0 Å². The first kappa shape index (κ1) is 12.5. The largest absolute Gasteiger partial charge is 0.354 e. The Kier molecular flexibility index (Phi) is 4.11. The fraction of sp³-hybridized carbons (Fsp3) is 0.909. The van der Waals surface area contributed by atoms with Gasteiger partial charge in [-0.3, -0.25) is 4.79 Å². The van der Waals surface area contributed by atoms with Crippen molar-refractivity contribution in [2.45, 2.75) is 44.7 Å². The van der Waals surface area contributed by atoms with Crippen LogP contribution >= 0.6 is 0 Å².